The minimum Gasteiger partial charge on any atom is -0.508 e. The summed E-state index contributed by atoms with van der Waals surface area (Å²) in [4.78, 5) is 0. The van der Waals surface area contributed by atoms with E-state index in [4.69, 9.17) is 11.6 Å². The lowest BCUT2D eigenvalue weighted by atomic mass is 9.55. The number of phenolic OH excluding ortho intramolecular Hbond substituents is 1. The van der Waals surface area contributed by atoms with Crippen LogP contribution in [0.1, 0.15) is 55.2 Å². The van der Waals surface area contributed by atoms with Crippen molar-refractivity contribution in [2.24, 2.45) is 17.3 Å². The summed E-state index contributed by atoms with van der Waals surface area (Å²) in [5, 5.41) is 21.8. The molecule has 2 aromatic rings. The lowest BCUT2D eigenvalue weighted by molar-refractivity contribution is -0.0158. The van der Waals surface area contributed by atoms with Crippen molar-refractivity contribution in [2.75, 3.05) is 0 Å². The molecule has 5 unspecified atom stereocenters. The Balaban J connectivity index is 1.47. The molecule has 3 heteroatoms. The molecule has 0 amide bonds. The Bertz CT molecular complexity index is 932. The van der Waals surface area contributed by atoms with Gasteiger partial charge in [0, 0.05) is 10.4 Å². The Labute approximate surface area is 171 Å². The van der Waals surface area contributed by atoms with Crippen LogP contribution in [0.15, 0.2) is 48.0 Å². The lowest BCUT2D eigenvalue weighted by Gasteiger charge is -2.49. The van der Waals surface area contributed by atoms with Gasteiger partial charge in [0.15, 0.2) is 0 Å². The maximum absolute atomic E-state index is 11.3. The molecule has 146 valence electrons. The number of halogens is 1. The molecule has 5 rings (SSSR count). The normalized spacial score (nSPS) is 35.3. The van der Waals surface area contributed by atoms with Gasteiger partial charge in [0.2, 0.25) is 0 Å². The van der Waals surface area contributed by atoms with Crippen LogP contribution in [0.2, 0.25) is 5.02 Å². The minimum atomic E-state index is -0.365. The number of fused-ring (bicyclic) bond motifs is 5. The van der Waals surface area contributed by atoms with E-state index in [1.54, 1.807) is 0 Å². The standard InChI is InChI=1S/C25H27ClO2/c1-25-11-10-21-20-9-7-19(27)13-16(20)4-8-22(21)23(25)14-17(24(25)28)12-15-2-5-18(26)6-3-15/h2-3,5-7,9,12-13,21-24,27-28H,4,8,10-11,14H2,1H3/b17-12+. The van der Waals surface area contributed by atoms with E-state index in [1.807, 2.05) is 36.4 Å². The number of benzene rings is 2. The van der Waals surface area contributed by atoms with Crippen molar-refractivity contribution in [3.05, 3.63) is 69.8 Å². The van der Waals surface area contributed by atoms with Crippen molar-refractivity contribution in [1.29, 1.82) is 0 Å². The van der Waals surface area contributed by atoms with Crippen LogP contribution < -0.4 is 0 Å². The van der Waals surface area contributed by atoms with Gasteiger partial charge in [-0.25, -0.2) is 0 Å². The van der Waals surface area contributed by atoms with E-state index in [2.05, 4.69) is 19.1 Å². The third-order valence-corrected chi connectivity index (χ3v) is 8.05. The van der Waals surface area contributed by atoms with E-state index < -0.39 is 0 Å². The van der Waals surface area contributed by atoms with Gasteiger partial charge in [-0.2, -0.15) is 0 Å². The van der Waals surface area contributed by atoms with E-state index in [1.165, 1.54) is 16.7 Å². The smallest absolute Gasteiger partial charge is 0.115 e. The fraction of sp³-hybridized carbons (Fsp3) is 0.440. The number of rotatable bonds is 1. The van der Waals surface area contributed by atoms with Crippen LogP contribution in [0.25, 0.3) is 6.08 Å². The third-order valence-electron chi connectivity index (χ3n) is 7.80. The van der Waals surface area contributed by atoms with Crippen LogP contribution in [0, 0.1) is 17.3 Å². The number of aryl methyl sites for hydroxylation is 1. The van der Waals surface area contributed by atoms with Crippen molar-refractivity contribution in [3.8, 4) is 5.75 Å². The molecule has 2 nitrogen and oxygen atoms in total. The first-order chi connectivity index (χ1) is 13.5. The average molecular weight is 395 g/mol. The number of hydrogen-bond acceptors (Lipinski definition) is 2. The first-order valence-corrected chi connectivity index (χ1v) is 10.8. The first-order valence-electron chi connectivity index (χ1n) is 10.4. The maximum Gasteiger partial charge on any atom is 0.115 e. The molecule has 2 saturated carbocycles. The topological polar surface area (TPSA) is 40.5 Å². The Morgan fingerprint density at radius 2 is 1.89 bits per heavy atom. The molecule has 2 aromatic carbocycles. The average Bonchev–Trinajstić information content (AvgIpc) is 2.94. The summed E-state index contributed by atoms with van der Waals surface area (Å²) in [6.07, 6.45) is 7.16. The number of aromatic hydroxyl groups is 1. The van der Waals surface area contributed by atoms with Gasteiger partial charge in [0.25, 0.3) is 0 Å². The van der Waals surface area contributed by atoms with Gasteiger partial charge in [-0.15, -0.1) is 0 Å². The summed E-state index contributed by atoms with van der Waals surface area (Å²) in [5.41, 5.74) is 5.00. The fourth-order valence-electron chi connectivity index (χ4n) is 6.34. The maximum atomic E-state index is 11.3. The van der Waals surface area contributed by atoms with Crippen LogP contribution in [-0.4, -0.2) is 16.3 Å². The van der Waals surface area contributed by atoms with Crippen molar-refractivity contribution >= 4 is 17.7 Å². The third kappa shape index (κ3) is 2.81. The highest BCUT2D eigenvalue weighted by Gasteiger charge is 2.56. The molecule has 28 heavy (non-hydrogen) atoms. The predicted octanol–water partition coefficient (Wildman–Crippen LogP) is 5.96. The van der Waals surface area contributed by atoms with Crippen molar-refractivity contribution in [1.82, 2.24) is 0 Å². The summed E-state index contributed by atoms with van der Waals surface area (Å²) < 4.78 is 0. The molecule has 0 aromatic heterocycles. The van der Waals surface area contributed by atoms with Gasteiger partial charge in [-0.1, -0.05) is 42.8 Å². The van der Waals surface area contributed by atoms with Crippen LogP contribution in [-0.2, 0) is 6.42 Å². The highest BCUT2D eigenvalue weighted by Crippen LogP contribution is 2.62. The molecule has 0 spiro atoms. The van der Waals surface area contributed by atoms with E-state index in [9.17, 15) is 10.2 Å². The number of hydrogen-bond donors (Lipinski definition) is 2. The molecular formula is C25H27ClO2. The summed E-state index contributed by atoms with van der Waals surface area (Å²) in [6.45, 7) is 2.30. The Morgan fingerprint density at radius 3 is 2.68 bits per heavy atom. The van der Waals surface area contributed by atoms with Crippen molar-refractivity contribution in [2.45, 2.75) is 51.0 Å². The number of aliphatic hydroxyl groups is 1. The molecular weight excluding hydrogens is 368 g/mol. The largest absolute Gasteiger partial charge is 0.508 e. The molecule has 0 saturated heterocycles. The molecule has 0 bridgehead atoms. The van der Waals surface area contributed by atoms with Gasteiger partial charge in [0.05, 0.1) is 6.10 Å². The number of aliphatic hydroxyl groups excluding tert-OH is 1. The predicted molar refractivity (Wildman–Crippen MR) is 114 cm³/mol. The summed E-state index contributed by atoms with van der Waals surface area (Å²) in [6, 6.07) is 13.8. The van der Waals surface area contributed by atoms with Gasteiger partial charge in [-0.05, 0) is 96.4 Å². The molecule has 2 N–H and O–H groups in total. The summed E-state index contributed by atoms with van der Waals surface area (Å²) >= 11 is 6.02. The second kappa shape index (κ2) is 6.64. The summed E-state index contributed by atoms with van der Waals surface area (Å²) in [5.74, 6) is 2.06. The van der Waals surface area contributed by atoms with Gasteiger partial charge < -0.3 is 10.2 Å². The minimum absolute atomic E-state index is 0.0339. The second-order valence-electron chi connectivity index (χ2n) is 9.22. The van der Waals surface area contributed by atoms with E-state index in [-0.39, 0.29) is 11.5 Å². The quantitative estimate of drug-likeness (QED) is 0.626. The Hall–Kier alpha value is -1.77. The van der Waals surface area contributed by atoms with Gasteiger partial charge in [-0.3, -0.25) is 0 Å². The van der Waals surface area contributed by atoms with E-state index in [0.29, 0.717) is 23.5 Å². The Kier molecular flexibility index (Phi) is 4.33. The van der Waals surface area contributed by atoms with Gasteiger partial charge in [0.1, 0.15) is 5.75 Å². The Morgan fingerprint density at radius 1 is 1.11 bits per heavy atom. The van der Waals surface area contributed by atoms with Crippen molar-refractivity contribution in [3.63, 3.8) is 0 Å². The molecule has 0 heterocycles. The monoisotopic (exact) mass is 394 g/mol. The number of phenols is 1. The molecule has 0 aliphatic heterocycles. The highest BCUT2D eigenvalue weighted by molar-refractivity contribution is 6.30. The molecule has 5 atom stereocenters. The van der Waals surface area contributed by atoms with E-state index >= 15 is 0 Å². The SMILES string of the molecule is CC12CCC3c4ccc(O)cc4CCC3C1C/C(=C\c1ccc(Cl)cc1)C2O. The zero-order chi connectivity index (χ0) is 19.5. The van der Waals surface area contributed by atoms with Crippen LogP contribution in [0.4, 0.5) is 0 Å². The zero-order valence-electron chi connectivity index (χ0n) is 16.2. The highest BCUT2D eigenvalue weighted by atomic mass is 35.5. The van der Waals surface area contributed by atoms with Crippen LogP contribution in [0.3, 0.4) is 0 Å². The first kappa shape index (κ1) is 18.3. The summed E-state index contributed by atoms with van der Waals surface area (Å²) in [7, 11) is 0. The zero-order valence-corrected chi connectivity index (χ0v) is 17.0. The van der Waals surface area contributed by atoms with Crippen LogP contribution in [0.5, 0.6) is 5.75 Å². The second-order valence-corrected chi connectivity index (χ2v) is 9.66. The van der Waals surface area contributed by atoms with Crippen LogP contribution >= 0.6 is 11.6 Å². The lowest BCUT2D eigenvalue weighted by Crippen LogP contribution is -2.44. The van der Waals surface area contributed by atoms with E-state index in [0.717, 1.165) is 42.7 Å². The molecule has 3 aliphatic carbocycles. The molecule has 0 radical (unpaired) electrons. The van der Waals surface area contributed by atoms with Gasteiger partial charge >= 0.3 is 0 Å². The molecule has 2 fully saturated rings. The molecule has 3 aliphatic rings. The van der Waals surface area contributed by atoms with Crippen molar-refractivity contribution < 1.29 is 10.2 Å². The fourth-order valence-corrected chi connectivity index (χ4v) is 6.47.